The first-order chi connectivity index (χ1) is 9.43. The molecule has 6 heteroatoms. The quantitative estimate of drug-likeness (QED) is 0.613. The predicted octanol–water partition coefficient (Wildman–Crippen LogP) is 1.43. The molecule has 1 atom stereocenters. The van der Waals surface area contributed by atoms with Gasteiger partial charge in [-0.05, 0) is 45.6 Å². The van der Waals surface area contributed by atoms with Crippen molar-refractivity contribution in [3.05, 3.63) is 17.5 Å². The van der Waals surface area contributed by atoms with Crippen LogP contribution in [0.5, 0.6) is 0 Å². The molecule has 0 saturated heterocycles. The lowest BCUT2D eigenvalue weighted by Crippen LogP contribution is -2.53. The minimum atomic E-state index is -0.263. The second-order valence-electron chi connectivity index (χ2n) is 5.67. The SMILES string of the molecule is Cc1cc(C)nc(SCC(=O)NC(C)(CN)C2CC2)n1. The number of nitrogens with two attached hydrogens (primary N) is 1. The Hall–Kier alpha value is -1.14. The van der Waals surface area contributed by atoms with E-state index in [0.717, 1.165) is 24.2 Å². The average Bonchev–Trinajstić information content (AvgIpc) is 3.19. The van der Waals surface area contributed by atoms with Crippen LogP contribution in [0.3, 0.4) is 0 Å². The van der Waals surface area contributed by atoms with Crippen molar-refractivity contribution in [2.24, 2.45) is 11.7 Å². The Bertz CT molecular complexity index is 484. The molecule has 5 nitrogen and oxygen atoms in total. The molecule has 1 saturated carbocycles. The summed E-state index contributed by atoms with van der Waals surface area (Å²) < 4.78 is 0. The van der Waals surface area contributed by atoms with E-state index in [9.17, 15) is 4.79 Å². The number of aryl methyl sites for hydroxylation is 2. The van der Waals surface area contributed by atoms with Gasteiger partial charge in [0.15, 0.2) is 5.16 Å². The van der Waals surface area contributed by atoms with Crippen molar-refractivity contribution in [2.75, 3.05) is 12.3 Å². The first-order valence-corrected chi connectivity index (χ1v) is 7.87. The van der Waals surface area contributed by atoms with Gasteiger partial charge in [-0.3, -0.25) is 4.79 Å². The van der Waals surface area contributed by atoms with E-state index in [0.29, 0.717) is 23.4 Å². The maximum absolute atomic E-state index is 12.0. The van der Waals surface area contributed by atoms with E-state index in [1.165, 1.54) is 11.8 Å². The summed E-state index contributed by atoms with van der Waals surface area (Å²) in [5.41, 5.74) is 7.38. The highest BCUT2D eigenvalue weighted by Crippen LogP contribution is 2.39. The second kappa shape index (κ2) is 6.10. The van der Waals surface area contributed by atoms with Crippen LogP contribution < -0.4 is 11.1 Å². The fraction of sp³-hybridized carbons (Fsp3) is 0.643. The van der Waals surface area contributed by atoms with Crippen molar-refractivity contribution in [3.8, 4) is 0 Å². The minimum Gasteiger partial charge on any atom is -0.349 e. The molecule has 1 heterocycles. The highest BCUT2D eigenvalue weighted by Gasteiger charge is 2.41. The van der Waals surface area contributed by atoms with Crippen LogP contribution in [0.2, 0.25) is 0 Å². The molecule has 0 spiro atoms. The van der Waals surface area contributed by atoms with E-state index in [-0.39, 0.29) is 11.4 Å². The maximum Gasteiger partial charge on any atom is 0.230 e. The molecule has 1 aliphatic carbocycles. The molecule has 1 amide bonds. The monoisotopic (exact) mass is 294 g/mol. The molecule has 1 aromatic heterocycles. The van der Waals surface area contributed by atoms with Crippen LogP contribution in [0.4, 0.5) is 0 Å². The Morgan fingerprint density at radius 1 is 1.45 bits per heavy atom. The first-order valence-electron chi connectivity index (χ1n) is 6.89. The van der Waals surface area contributed by atoms with Gasteiger partial charge in [0.1, 0.15) is 0 Å². The molecule has 0 bridgehead atoms. The van der Waals surface area contributed by atoms with E-state index in [2.05, 4.69) is 15.3 Å². The first kappa shape index (κ1) is 15.3. The van der Waals surface area contributed by atoms with Crippen LogP contribution in [0.1, 0.15) is 31.2 Å². The van der Waals surface area contributed by atoms with Gasteiger partial charge in [0.05, 0.1) is 11.3 Å². The van der Waals surface area contributed by atoms with Gasteiger partial charge >= 0.3 is 0 Å². The van der Waals surface area contributed by atoms with Crippen molar-refractivity contribution in [1.82, 2.24) is 15.3 Å². The van der Waals surface area contributed by atoms with Crippen molar-refractivity contribution >= 4 is 17.7 Å². The number of carbonyl (C=O) groups is 1. The van der Waals surface area contributed by atoms with Gasteiger partial charge < -0.3 is 11.1 Å². The molecular formula is C14H22N4OS. The van der Waals surface area contributed by atoms with E-state index in [4.69, 9.17) is 5.73 Å². The Balaban J connectivity index is 1.88. The van der Waals surface area contributed by atoms with Gasteiger partial charge in [0, 0.05) is 17.9 Å². The molecule has 2 rings (SSSR count). The summed E-state index contributed by atoms with van der Waals surface area (Å²) in [5.74, 6) is 0.849. The van der Waals surface area contributed by atoms with Crippen LogP contribution in [-0.4, -0.2) is 33.7 Å². The van der Waals surface area contributed by atoms with Gasteiger partial charge in [-0.15, -0.1) is 0 Å². The van der Waals surface area contributed by atoms with Crippen LogP contribution in [0.25, 0.3) is 0 Å². The molecule has 1 unspecified atom stereocenters. The van der Waals surface area contributed by atoms with Crippen LogP contribution >= 0.6 is 11.8 Å². The van der Waals surface area contributed by atoms with Crippen LogP contribution in [0.15, 0.2) is 11.2 Å². The zero-order valence-corrected chi connectivity index (χ0v) is 13.1. The fourth-order valence-electron chi connectivity index (χ4n) is 2.28. The molecule has 1 aromatic rings. The highest BCUT2D eigenvalue weighted by atomic mass is 32.2. The number of rotatable bonds is 6. The fourth-order valence-corrected chi connectivity index (χ4v) is 3.03. The number of hydrogen-bond donors (Lipinski definition) is 2. The third-order valence-electron chi connectivity index (χ3n) is 3.62. The summed E-state index contributed by atoms with van der Waals surface area (Å²) in [7, 11) is 0. The summed E-state index contributed by atoms with van der Waals surface area (Å²) in [4.78, 5) is 20.7. The summed E-state index contributed by atoms with van der Waals surface area (Å²) in [5, 5.41) is 3.72. The molecule has 3 N–H and O–H groups in total. The lowest BCUT2D eigenvalue weighted by Gasteiger charge is -2.29. The summed E-state index contributed by atoms with van der Waals surface area (Å²) in [6.07, 6.45) is 2.31. The normalized spacial score (nSPS) is 17.6. The topological polar surface area (TPSA) is 80.9 Å². The zero-order chi connectivity index (χ0) is 14.8. The molecule has 110 valence electrons. The Morgan fingerprint density at radius 3 is 2.55 bits per heavy atom. The zero-order valence-electron chi connectivity index (χ0n) is 12.3. The van der Waals surface area contributed by atoms with Gasteiger partial charge in [-0.1, -0.05) is 11.8 Å². The number of carbonyl (C=O) groups excluding carboxylic acids is 1. The molecule has 0 radical (unpaired) electrons. The molecular weight excluding hydrogens is 272 g/mol. The van der Waals surface area contributed by atoms with Gasteiger partial charge in [0.2, 0.25) is 5.91 Å². The van der Waals surface area contributed by atoms with Gasteiger partial charge in [-0.25, -0.2) is 9.97 Å². The number of hydrogen-bond acceptors (Lipinski definition) is 5. The standard InChI is InChI=1S/C14H22N4OS/c1-9-6-10(2)17-13(16-9)20-7-12(19)18-14(3,8-15)11-4-5-11/h6,11H,4-5,7-8,15H2,1-3H3,(H,18,19). The number of amides is 1. The van der Waals surface area contributed by atoms with Crippen molar-refractivity contribution < 1.29 is 4.79 Å². The molecule has 1 fully saturated rings. The average molecular weight is 294 g/mol. The maximum atomic E-state index is 12.0. The summed E-state index contributed by atoms with van der Waals surface area (Å²) in [6.45, 7) is 6.36. The number of nitrogens with one attached hydrogen (secondary N) is 1. The molecule has 20 heavy (non-hydrogen) atoms. The summed E-state index contributed by atoms with van der Waals surface area (Å²) >= 11 is 1.37. The van der Waals surface area contributed by atoms with Crippen LogP contribution in [-0.2, 0) is 4.79 Å². The van der Waals surface area contributed by atoms with E-state index < -0.39 is 0 Å². The molecule has 0 aromatic carbocycles. The largest absolute Gasteiger partial charge is 0.349 e. The van der Waals surface area contributed by atoms with Gasteiger partial charge in [0.25, 0.3) is 0 Å². The summed E-state index contributed by atoms with van der Waals surface area (Å²) in [6, 6.07) is 1.92. The van der Waals surface area contributed by atoms with E-state index in [1.54, 1.807) is 0 Å². The number of thioether (sulfide) groups is 1. The Kier molecular flexibility index (Phi) is 4.65. The smallest absolute Gasteiger partial charge is 0.230 e. The van der Waals surface area contributed by atoms with Crippen LogP contribution in [0, 0.1) is 19.8 Å². The van der Waals surface area contributed by atoms with Crippen molar-refractivity contribution in [1.29, 1.82) is 0 Å². The third-order valence-corrected chi connectivity index (χ3v) is 4.47. The highest BCUT2D eigenvalue weighted by molar-refractivity contribution is 7.99. The Morgan fingerprint density at radius 2 is 2.05 bits per heavy atom. The molecule has 0 aliphatic heterocycles. The van der Waals surface area contributed by atoms with E-state index >= 15 is 0 Å². The van der Waals surface area contributed by atoms with Crippen molar-refractivity contribution in [2.45, 2.75) is 44.3 Å². The number of nitrogens with zero attached hydrogens (tertiary/aromatic N) is 2. The van der Waals surface area contributed by atoms with E-state index in [1.807, 2.05) is 26.8 Å². The lowest BCUT2D eigenvalue weighted by atomic mass is 9.96. The number of aromatic nitrogens is 2. The van der Waals surface area contributed by atoms with Gasteiger partial charge in [-0.2, -0.15) is 0 Å². The molecule has 1 aliphatic rings. The second-order valence-corrected chi connectivity index (χ2v) is 6.61. The third kappa shape index (κ3) is 3.93. The minimum absolute atomic E-state index is 0.00221. The lowest BCUT2D eigenvalue weighted by molar-refractivity contribution is -0.120. The Labute approximate surface area is 124 Å². The van der Waals surface area contributed by atoms with Crippen molar-refractivity contribution in [3.63, 3.8) is 0 Å². The predicted molar refractivity (Wildman–Crippen MR) is 80.6 cm³/mol.